The Morgan fingerprint density at radius 2 is 1.33 bits per heavy atom. The minimum atomic E-state index is -0.437. The van der Waals surface area contributed by atoms with Crippen LogP contribution in [0.2, 0.25) is 0 Å². The molecule has 0 radical (unpaired) electrons. The van der Waals surface area contributed by atoms with E-state index in [0.717, 1.165) is 25.7 Å². The van der Waals surface area contributed by atoms with Gasteiger partial charge in [0.2, 0.25) is 0 Å². The fourth-order valence-electron chi connectivity index (χ4n) is 5.72. The van der Waals surface area contributed by atoms with Gasteiger partial charge in [0.05, 0.1) is 11.8 Å². The zero-order valence-electron chi connectivity index (χ0n) is 11.7. The monoisotopic (exact) mass is 290 g/mol. The summed E-state index contributed by atoms with van der Waals surface area (Å²) in [6.45, 7) is 1.42. The van der Waals surface area contributed by atoms with Crippen molar-refractivity contribution in [2.75, 3.05) is 13.2 Å². The highest BCUT2D eigenvalue weighted by Crippen LogP contribution is 2.65. The van der Waals surface area contributed by atoms with E-state index in [1.807, 2.05) is 0 Å². The van der Waals surface area contributed by atoms with Crippen molar-refractivity contribution in [3.8, 4) is 0 Å². The standard InChI is InChI=1S/C16H18O5/c17-13-11-9-3-4-10(12(11)14(18)21-13)16(6-2-8-20-16)15(9)5-1-7-19-15/h3-4,9-12H,1-2,5-8H2/t9-,10-,11+,12+,15+,16+/m1/s1. The van der Waals surface area contributed by atoms with Gasteiger partial charge in [0.1, 0.15) is 11.2 Å². The highest BCUT2D eigenvalue weighted by atomic mass is 16.6. The predicted octanol–water partition coefficient (Wildman–Crippen LogP) is 1.22. The molecule has 3 heterocycles. The van der Waals surface area contributed by atoms with Crippen LogP contribution in [0.3, 0.4) is 0 Å². The Labute approximate surface area is 122 Å². The van der Waals surface area contributed by atoms with E-state index < -0.39 is 11.2 Å². The fourth-order valence-corrected chi connectivity index (χ4v) is 5.72. The first-order valence-electron chi connectivity index (χ1n) is 7.91. The third-order valence-corrected chi connectivity index (χ3v) is 6.33. The third kappa shape index (κ3) is 1.19. The third-order valence-electron chi connectivity index (χ3n) is 6.33. The van der Waals surface area contributed by atoms with Crippen molar-refractivity contribution < 1.29 is 23.8 Å². The van der Waals surface area contributed by atoms with E-state index in [1.165, 1.54) is 0 Å². The Morgan fingerprint density at radius 3 is 1.71 bits per heavy atom. The van der Waals surface area contributed by atoms with Gasteiger partial charge in [-0.1, -0.05) is 12.2 Å². The van der Waals surface area contributed by atoms with Crippen LogP contribution in [0.25, 0.3) is 0 Å². The van der Waals surface area contributed by atoms with Gasteiger partial charge >= 0.3 is 11.9 Å². The highest BCUT2D eigenvalue weighted by Gasteiger charge is 2.75. The molecule has 5 heteroatoms. The fraction of sp³-hybridized carbons (Fsp3) is 0.750. The number of ether oxygens (including phenoxy) is 3. The minimum Gasteiger partial charge on any atom is -0.393 e. The number of hydrogen-bond acceptors (Lipinski definition) is 5. The smallest absolute Gasteiger partial charge is 0.318 e. The van der Waals surface area contributed by atoms with E-state index in [0.29, 0.717) is 13.2 Å². The first-order chi connectivity index (χ1) is 10.2. The van der Waals surface area contributed by atoms with Crippen molar-refractivity contribution >= 4 is 11.9 Å². The lowest BCUT2D eigenvalue weighted by atomic mass is 9.48. The molecule has 6 atom stereocenters. The molecule has 0 unspecified atom stereocenters. The van der Waals surface area contributed by atoms with E-state index in [2.05, 4.69) is 12.2 Å². The molecule has 0 aromatic heterocycles. The van der Waals surface area contributed by atoms with Gasteiger partial charge in [0.25, 0.3) is 0 Å². The Kier molecular flexibility index (Phi) is 2.21. The number of hydrogen-bond donors (Lipinski definition) is 0. The van der Waals surface area contributed by atoms with Gasteiger partial charge in [-0.3, -0.25) is 9.59 Å². The summed E-state index contributed by atoms with van der Waals surface area (Å²) < 4.78 is 17.5. The van der Waals surface area contributed by atoms with E-state index in [9.17, 15) is 9.59 Å². The van der Waals surface area contributed by atoms with Gasteiger partial charge in [-0.05, 0) is 25.7 Å². The molecule has 112 valence electrons. The summed E-state index contributed by atoms with van der Waals surface area (Å²) >= 11 is 0. The minimum absolute atomic E-state index is 0.0907. The Balaban J connectivity index is 1.72. The largest absolute Gasteiger partial charge is 0.393 e. The molecule has 0 aromatic carbocycles. The van der Waals surface area contributed by atoms with Crippen LogP contribution in [0.1, 0.15) is 25.7 Å². The first kappa shape index (κ1) is 12.4. The van der Waals surface area contributed by atoms with Crippen molar-refractivity contribution in [3.05, 3.63) is 12.2 Å². The van der Waals surface area contributed by atoms with Gasteiger partial charge in [-0.2, -0.15) is 0 Å². The van der Waals surface area contributed by atoms with Gasteiger partial charge in [0.15, 0.2) is 0 Å². The molecular weight excluding hydrogens is 272 g/mol. The lowest BCUT2D eigenvalue weighted by molar-refractivity contribution is -0.247. The molecular formula is C16H18O5. The molecule has 2 bridgehead atoms. The quantitative estimate of drug-likeness (QED) is 0.381. The van der Waals surface area contributed by atoms with Crippen LogP contribution in [0.4, 0.5) is 0 Å². The van der Waals surface area contributed by atoms with Crippen LogP contribution < -0.4 is 0 Å². The van der Waals surface area contributed by atoms with Crippen molar-refractivity contribution in [3.63, 3.8) is 0 Å². The second-order valence-corrected chi connectivity index (χ2v) is 6.91. The molecule has 1 saturated carbocycles. The molecule has 3 aliphatic carbocycles. The maximum Gasteiger partial charge on any atom is 0.318 e. The topological polar surface area (TPSA) is 61.8 Å². The van der Waals surface area contributed by atoms with Crippen LogP contribution >= 0.6 is 0 Å². The van der Waals surface area contributed by atoms with Crippen LogP contribution in [-0.2, 0) is 23.8 Å². The van der Waals surface area contributed by atoms with E-state index in [4.69, 9.17) is 14.2 Å². The number of carbonyl (C=O) groups is 2. The molecule has 3 saturated heterocycles. The number of cyclic esters (lactones) is 2. The average molecular weight is 290 g/mol. The molecule has 6 rings (SSSR count). The number of rotatable bonds is 0. The van der Waals surface area contributed by atoms with Crippen molar-refractivity contribution in [2.45, 2.75) is 36.9 Å². The predicted molar refractivity (Wildman–Crippen MR) is 70.0 cm³/mol. The zero-order valence-corrected chi connectivity index (χ0v) is 11.7. The van der Waals surface area contributed by atoms with Crippen LogP contribution in [-0.4, -0.2) is 36.4 Å². The first-order valence-corrected chi connectivity index (χ1v) is 7.91. The van der Waals surface area contributed by atoms with E-state index in [1.54, 1.807) is 0 Å². The van der Waals surface area contributed by atoms with Gasteiger partial charge in [0, 0.05) is 25.0 Å². The lowest BCUT2D eigenvalue weighted by Crippen LogP contribution is -2.71. The molecule has 2 spiro atoms. The second-order valence-electron chi connectivity index (χ2n) is 6.91. The summed E-state index contributed by atoms with van der Waals surface area (Å²) in [7, 11) is 0. The molecule has 4 fully saturated rings. The summed E-state index contributed by atoms with van der Waals surface area (Å²) in [6, 6.07) is 0. The van der Waals surface area contributed by atoms with Crippen molar-refractivity contribution in [1.29, 1.82) is 0 Å². The van der Waals surface area contributed by atoms with Crippen LogP contribution in [0, 0.1) is 23.7 Å². The SMILES string of the molecule is O=C1OC(=O)[C@@H]2[C@@H]1[C@H]1C=C[C@H]2[C@@]2(CCCO2)[C@]12CCCO2. The Bertz CT molecular complexity index is 505. The van der Waals surface area contributed by atoms with Gasteiger partial charge in [-0.25, -0.2) is 0 Å². The molecule has 0 amide bonds. The highest BCUT2D eigenvalue weighted by molar-refractivity contribution is 5.98. The second kappa shape index (κ2) is 3.76. The van der Waals surface area contributed by atoms with Crippen molar-refractivity contribution in [2.24, 2.45) is 23.7 Å². The molecule has 3 aliphatic heterocycles. The lowest BCUT2D eigenvalue weighted by Gasteiger charge is -2.60. The van der Waals surface area contributed by atoms with Gasteiger partial charge < -0.3 is 14.2 Å². The van der Waals surface area contributed by atoms with Gasteiger partial charge in [-0.15, -0.1) is 0 Å². The molecule has 6 aliphatic rings. The number of carbonyl (C=O) groups excluding carboxylic acids is 2. The van der Waals surface area contributed by atoms with Crippen LogP contribution in [0.5, 0.6) is 0 Å². The number of esters is 2. The molecule has 0 N–H and O–H groups in total. The normalized spacial score (nSPS) is 53.9. The zero-order chi connectivity index (χ0) is 14.2. The summed E-state index contributed by atoms with van der Waals surface area (Å²) in [4.78, 5) is 24.4. The van der Waals surface area contributed by atoms with E-state index in [-0.39, 0.29) is 35.6 Å². The average Bonchev–Trinajstić information content (AvgIpc) is 3.18. The maximum atomic E-state index is 12.2. The molecule has 21 heavy (non-hydrogen) atoms. The molecule has 5 nitrogen and oxygen atoms in total. The summed E-state index contributed by atoms with van der Waals surface area (Å²) in [5.41, 5.74) is -0.874. The Morgan fingerprint density at radius 1 is 0.857 bits per heavy atom. The summed E-state index contributed by atoms with van der Waals surface area (Å²) in [5.74, 6) is -1.67. The van der Waals surface area contributed by atoms with Crippen molar-refractivity contribution in [1.82, 2.24) is 0 Å². The Hall–Kier alpha value is -1.20. The van der Waals surface area contributed by atoms with Crippen LogP contribution in [0.15, 0.2) is 12.2 Å². The maximum absolute atomic E-state index is 12.2. The summed E-state index contributed by atoms with van der Waals surface area (Å²) in [5, 5.41) is 0. The molecule has 0 aromatic rings. The van der Waals surface area contributed by atoms with E-state index >= 15 is 0 Å². The summed E-state index contributed by atoms with van der Waals surface area (Å²) in [6.07, 6.45) is 7.96.